The third-order valence-electron chi connectivity index (χ3n) is 9.96. The molecule has 0 aliphatic carbocycles. The Kier molecular flexibility index (Phi) is 15.1. The van der Waals surface area contributed by atoms with Crippen LogP contribution in [0.2, 0.25) is 0 Å². The molecule has 2 saturated heterocycles. The Balaban J connectivity index is 0.000000186. The Hall–Kier alpha value is -7.28. The van der Waals surface area contributed by atoms with Crippen LogP contribution in [-0.4, -0.2) is 107 Å². The van der Waals surface area contributed by atoms with E-state index in [-0.39, 0.29) is 23.6 Å². The normalized spacial score (nSPS) is 14.2. The van der Waals surface area contributed by atoms with Gasteiger partial charge in [-0.05, 0) is 80.0 Å². The maximum absolute atomic E-state index is 12.4. The van der Waals surface area contributed by atoms with Crippen molar-refractivity contribution in [1.29, 1.82) is 0 Å². The van der Waals surface area contributed by atoms with Crippen LogP contribution in [0.4, 0.5) is 21.0 Å². The van der Waals surface area contributed by atoms with Gasteiger partial charge in [-0.15, -0.1) is 9.94 Å². The fraction of sp³-hybridized carbons (Fsp3) is 0.279. The highest BCUT2D eigenvalue weighted by atomic mass is 32.2. The molecule has 0 atom stereocenters. The number of anilines is 2. The largest absolute Gasteiger partial charge is 0.416 e. The van der Waals surface area contributed by atoms with Gasteiger partial charge < -0.3 is 34.7 Å². The molecular formula is C43H45N11O7S. The van der Waals surface area contributed by atoms with Gasteiger partial charge in [0.15, 0.2) is 5.16 Å². The van der Waals surface area contributed by atoms with E-state index in [0.717, 1.165) is 36.6 Å². The minimum absolute atomic E-state index is 0.187. The molecule has 2 fully saturated rings. The van der Waals surface area contributed by atoms with E-state index in [9.17, 15) is 19.2 Å². The number of benzene rings is 2. The molecule has 0 saturated carbocycles. The number of nitrogens with one attached hydrogen (secondary N) is 3. The minimum atomic E-state index is -0.431. The van der Waals surface area contributed by atoms with Crippen LogP contribution in [0.15, 0.2) is 127 Å². The lowest BCUT2D eigenvalue weighted by molar-refractivity contribution is 0.0365. The summed E-state index contributed by atoms with van der Waals surface area (Å²) in [5.74, 6) is 1.75. The average Bonchev–Trinajstić information content (AvgIpc) is 4.06. The van der Waals surface area contributed by atoms with Crippen molar-refractivity contribution in [1.82, 2.24) is 44.9 Å². The number of hydrogen-bond acceptors (Lipinski definition) is 13. The second-order valence-corrected chi connectivity index (χ2v) is 15.3. The number of carbonyl (C=O) groups excluding carboxylic acids is 4. The van der Waals surface area contributed by atoms with Crippen molar-refractivity contribution in [3.05, 3.63) is 133 Å². The number of nitrogens with zero attached hydrogens (tertiary/aromatic N) is 8. The first-order valence-corrected chi connectivity index (χ1v) is 21.0. The Morgan fingerprint density at radius 1 is 0.661 bits per heavy atom. The summed E-state index contributed by atoms with van der Waals surface area (Å²) in [6, 6.07) is 26.0. The predicted octanol–water partition coefficient (Wildman–Crippen LogP) is 6.33. The zero-order valence-corrected chi connectivity index (χ0v) is 34.4. The third-order valence-corrected chi connectivity index (χ3v) is 11.1. The molecule has 62 heavy (non-hydrogen) atoms. The van der Waals surface area contributed by atoms with Crippen LogP contribution in [0.3, 0.4) is 0 Å². The number of likely N-dealkylation sites (tertiary alicyclic amines) is 2. The van der Waals surface area contributed by atoms with Gasteiger partial charge in [0.2, 0.25) is 11.8 Å². The lowest BCUT2D eigenvalue weighted by Crippen LogP contribution is -2.41. The van der Waals surface area contributed by atoms with Crippen LogP contribution in [0.25, 0.3) is 0 Å². The van der Waals surface area contributed by atoms with Gasteiger partial charge in [0.05, 0.1) is 36.2 Å². The highest BCUT2D eigenvalue weighted by Gasteiger charge is 2.26. The number of aromatic amines is 1. The first kappa shape index (κ1) is 42.8. The van der Waals surface area contributed by atoms with Crippen LogP contribution >= 0.6 is 11.8 Å². The molecule has 6 heterocycles. The molecular weight excluding hydrogens is 815 g/mol. The summed E-state index contributed by atoms with van der Waals surface area (Å²) in [4.78, 5) is 71.9. The Morgan fingerprint density at radius 3 is 1.65 bits per heavy atom. The van der Waals surface area contributed by atoms with E-state index in [1.54, 1.807) is 113 Å². The van der Waals surface area contributed by atoms with Crippen molar-refractivity contribution in [3.8, 4) is 11.8 Å². The highest BCUT2D eigenvalue weighted by Crippen LogP contribution is 2.25. The molecule has 2 aliphatic rings. The summed E-state index contributed by atoms with van der Waals surface area (Å²) < 4.78 is 10.8. The van der Waals surface area contributed by atoms with Gasteiger partial charge in [0.25, 0.3) is 11.8 Å². The van der Waals surface area contributed by atoms with Crippen LogP contribution in [0.1, 0.15) is 46.4 Å². The lowest BCUT2D eigenvalue weighted by atomic mass is 9.98. The van der Waals surface area contributed by atoms with Crippen LogP contribution in [-0.2, 0) is 0 Å². The number of carbonyl (C=O) groups is 4. The Bertz CT molecular complexity index is 2140. The molecule has 2 aliphatic heterocycles. The van der Waals surface area contributed by atoms with Gasteiger partial charge in [-0.1, -0.05) is 48.2 Å². The summed E-state index contributed by atoms with van der Waals surface area (Å²) in [5, 5.41) is 17.0. The van der Waals surface area contributed by atoms with Crippen molar-refractivity contribution in [2.75, 3.05) is 49.2 Å². The van der Waals surface area contributed by atoms with Gasteiger partial charge in [-0.25, -0.2) is 24.5 Å². The second-order valence-electron chi connectivity index (χ2n) is 14.3. The van der Waals surface area contributed by atoms with Crippen LogP contribution in [0.5, 0.6) is 11.8 Å². The van der Waals surface area contributed by atoms with Crippen molar-refractivity contribution < 1.29 is 33.5 Å². The number of pyridine rings is 2. The first-order valence-electron chi connectivity index (χ1n) is 20.0. The van der Waals surface area contributed by atoms with Gasteiger partial charge in [0, 0.05) is 55.2 Å². The van der Waals surface area contributed by atoms with E-state index >= 15 is 0 Å². The number of rotatable bonds is 12. The Morgan fingerprint density at radius 2 is 1.19 bits per heavy atom. The maximum Gasteiger partial charge on any atom is 0.416 e. The van der Waals surface area contributed by atoms with E-state index in [4.69, 9.17) is 14.3 Å². The number of thioether (sulfide) groups is 1. The van der Waals surface area contributed by atoms with Crippen LogP contribution in [0, 0.1) is 11.8 Å². The minimum Gasteiger partial charge on any atom is -0.396 e. The topological polar surface area (TPSA) is 212 Å². The number of amides is 4. The quantitative estimate of drug-likeness (QED) is 0.115. The number of piperidine rings is 2. The summed E-state index contributed by atoms with van der Waals surface area (Å²) in [5.41, 5.74) is 2.16. The van der Waals surface area contributed by atoms with E-state index in [0.29, 0.717) is 67.1 Å². The van der Waals surface area contributed by atoms with Gasteiger partial charge in [-0.3, -0.25) is 14.7 Å². The summed E-state index contributed by atoms with van der Waals surface area (Å²) in [7, 11) is 0. The summed E-state index contributed by atoms with van der Waals surface area (Å²) in [6.45, 7) is 3.04. The zero-order chi connectivity index (χ0) is 42.9. The molecule has 0 unspecified atom stereocenters. The van der Waals surface area contributed by atoms with E-state index in [1.807, 2.05) is 12.1 Å². The Labute approximate surface area is 361 Å². The molecule has 320 valence electrons. The highest BCUT2D eigenvalue weighted by molar-refractivity contribution is 7.99. The smallest absolute Gasteiger partial charge is 0.396 e. The fourth-order valence-electron chi connectivity index (χ4n) is 6.46. The predicted molar refractivity (Wildman–Crippen MR) is 229 cm³/mol. The molecule has 19 heteroatoms. The average molecular weight is 860 g/mol. The molecule has 8 rings (SSSR count). The lowest BCUT2D eigenvalue weighted by Gasteiger charge is -2.30. The van der Waals surface area contributed by atoms with Gasteiger partial charge in [0.1, 0.15) is 12.9 Å². The summed E-state index contributed by atoms with van der Waals surface area (Å²) >= 11 is 1.65. The monoisotopic (exact) mass is 859 g/mol. The van der Waals surface area contributed by atoms with E-state index in [2.05, 4.69) is 40.9 Å². The molecule has 0 radical (unpaired) electrons. The van der Waals surface area contributed by atoms with E-state index in [1.165, 1.54) is 23.6 Å². The molecule has 4 aromatic heterocycles. The van der Waals surface area contributed by atoms with Crippen molar-refractivity contribution in [2.24, 2.45) is 11.8 Å². The third kappa shape index (κ3) is 12.9. The molecule has 6 aromatic rings. The molecule has 3 N–H and O–H groups in total. The second kappa shape index (κ2) is 21.8. The van der Waals surface area contributed by atoms with Crippen LogP contribution < -0.4 is 24.9 Å². The SMILES string of the molecule is O=C(Nc1ccc(OC(=O)N2CCC(COn3cccn3)CC2)nc1)c1ccccc1.O=C(Nc1ccc(OC(=O)N2CCC(CSc3ncn[nH]3)CC2)nc1)c1ccccc1. The van der Waals surface area contributed by atoms with Gasteiger partial charge >= 0.3 is 12.2 Å². The van der Waals surface area contributed by atoms with Crippen molar-refractivity contribution in [2.45, 2.75) is 30.8 Å². The standard InChI is InChI=1S/C22H23N5O4.C21H22N6O3S/c28-21(18-5-2-1-3-6-18)25-19-7-8-20(23-15-19)31-22(29)26-13-9-17(10-14-26)16-30-27-12-4-11-24-27;28-19(16-4-2-1-3-5-16)25-17-6-7-18(22-12-17)30-21(29)27-10-8-15(9-11-27)13-31-20-23-14-24-26-20/h1-8,11-12,15,17H,9-10,13-14,16H2,(H,25,28);1-7,12,14-15H,8-11,13H2,(H,25,28)(H,23,24,26). The molecule has 18 nitrogen and oxygen atoms in total. The maximum atomic E-state index is 12.4. The van der Waals surface area contributed by atoms with Gasteiger partial charge in [-0.2, -0.15) is 5.10 Å². The fourth-order valence-corrected chi connectivity index (χ4v) is 7.43. The van der Waals surface area contributed by atoms with Crippen molar-refractivity contribution >= 4 is 47.1 Å². The molecule has 2 aromatic carbocycles. The summed E-state index contributed by atoms with van der Waals surface area (Å²) in [6.07, 6.45) is 10.5. The van der Waals surface area contributed by atoms with E-state index < -0.39 is 12.2 Å². The first-order chi connectivity index (χ1) is 30.3. The number of hydrogen-bond donors (Lipinski definition) is 3. The molecule has 4 amide bonds. The van der Waals surface area contributed by atoms with Crippen molar-refractivity contribution in [3.63, 3.8) is 0 Å². The number of ether oxygens (including phenoxy) is 2. The number of H-pyrrole nitrogens is 1. The molecule has 0 spiro atoms. The number of aromatic nitrogens is 7. The zero-order valence-electron chi connectivity index (χ0n) is 33.6. The molecule has 0 bridgehead atoms.